The van der Waals surface area contributed by atoms with E-state index in [4.69, 9.17) is 9.47 Å². The third kappa shape index (κ3) is 6.75. The third-order valence-corrected chi connectivity index (χ3v) is 8.65. The minimum atomic E-state index is -1.02. The van der Waals surface area contributed by atoms with Crippen LogP contribution in [0.25, 0.3) is 11.1 Å². The second-order valence-electron chi connectivity index (χ2n) is 11.6. The molecule has 0 N–H and O–H groups in total. The van der Waals surface area contributed by atoms with Crippen molar-refractivity contribution in [3.63, 3.8) is 0 Å². The lowest BCUT2D eigenvalue weighted by atomic mass is 9.82. The van der Waals surface area contributed by atoms with Gasteiger partial charge in [-0.3, -0.25) is 0 Å². The Balaban J connectivity index is 1.19. The van der Waals surface area contributed by atoms with Gasteiger partial charge in [0.15, 0.2) is 34.8 Å². The molecule has 0 radical (unpaired) electrons. The summed E-state index contributed by atoms with van der Waals surface area (Å²) in [4.78, 5) is 0. The Morgan fingerprint density at radius 3 is 2.05 bits per heavy atom. The second-order valence-corrected chi connectivity index (χ2v) is 11.6. The van der Waals surface area contributed by atoms with Crippen molar-refractivity contribution in [1.82, 2.24) is 0 Å². The molecule has 3 aromatic rings. The topological polar surface area (TPSA) is 18.5 Å². The zero-order valence-electron chi connectivity index (χ0n) is 24.9. The summed E-state index contributed by atoms with van der Waals surface area (Å²) in [5.74, 6) is -6.01. The van der Waals surface area contributed by atoms with E-state index in [1.165, 1.54) is 25.1 Å². The van der Waals surface area contributed by atoms with Gasteiger partial charge in [-0.15, -0.1) is 0 Å². The number of rotatable bonds is 10. The predicted octanol–water partition coefficient (Wildman–Crippen LogP) is 10.5. The Hall–Kier alpha value is -3.52. The molecule has 234 valence electrons. The SMILES string of the molecule is CCCCOc1ccc(C2=CCC(c3ccc(COC4CC=C(c5ccc(C)c(F)c5F)CC4)c(F)c3F)CC2)c(F)c1F. The summed E-state index contributed by atoms with van der Waals surface area (Å²) in [5, 5.41) is 0. The molecule has 0 heterocycles. The average Bonchev–Trinajstić information content (AvgIpc) is 3.03. The van der Waals surface area contributed by atoms with Gasteiger partial charge in [0.05, 0.1) is 19.3 Å². The van der Waals surface area contributed by atoms with Gasteiger partial charge in [-0.05, 0) is 92.2 Å². The molecule has 0 amide bonds. The first-order valence-electron chi connectivity index (χ1n) is 15.2. The standard InChI is InChI=1S/C36H36F6O2/c1-3-4-19-43-30-18-17-29(35(41)36(30)42)23-8-6-22(7-9-23)28-16-12-25(32(38)34(28)40)20-44-26-13-10-24(11-14-26)27-15-5-21(2)31(37)33(27)39/h5,8,10,12,15-18,22,26H,3-4,6-7,9,11,13-14,19-20H2,1-2H3. The minimum Gasteiger partial charge on any atom is -0.490 e. The number of hydrogen-bond acceptors (Lipinski definition) is 2. The number of aryl methyl sites for hydroxylation is 1. The number of halogens is 6. The lowest BCUT2D eigenvalue weighted by molar-refractivity contribution is 0.0342. The summed E-state index contributed by atoms with van der Waals surface area (Å²) in [7, 11) is 0. The van der Waals surface area contributed by atoms with Gasteiger partial charge in [-0.25, -0.2) is 22.0 Å². The monoisotopic (exact) mass is 614 g/mol. The van der Waals surface area contributed by atoms with E-state index in [0.717, 1.165) is 12.8 Å². The first kappa shape index (κ1) is 31.9. The van der Waals surface area contributed by atoms with Gasteiger partial charge in [0.2, 0.25) is 5.82 Å². The Morgan fingerprint density at radius 2 is 1.39 bits per heavy atom. The molecule has 8 heteroatoms. The van der Waals surface area contributed by atoms with Crippen LogP contribution in [-0.4, -0.2) is 12.7 Å². The molecule has 0 fully saturated rings. The maximum Gasteiger partial charge on any atom is 0.201 e. The van der Waals surface area contributed by atoms with E-state index in [9.17, 15) is 17.6 Å². The molecule has 2 atom stereocenters. The van der Waals surface area contributed by atoms with Gasteiger partial charge in [-0.2, -0.15) is 4.39 Å². The van der Waals surface area contributed by atoms with Gasteiger partial charge >= 0.3 is 0 Å². The first-order valence-corrected chi connectivity index (χ1v) is 15.2. The van der Waals surface area contributed by atoms with Crippen molar-refractivity contribution >= 4 is 11.1 Å². The molecule has 0 aliphatic heterocycles. The lowest BCUT2D eigenvalue weighted by Gasteiger charge is -2.25. The molecule has 44 heavy (non-hydrogen) atoms. The quantitative estimate of drug-likeness (QED) is 0.167. The number of ether oxygens (including phenoxy) is 2. The van der Waals surface area contributed by atoms with Crippen molar-refractivity contribution in [3.8, 4) is 5.75 Å². The summed E-state index contributed by atoms with van der Waals surface area (Å²) in [5.41, 5.74) is 2.31. The van der Waals surface area contributed by atoms with Gasteiger partial charge < -0.3 is 9.47 Å². The summed E-state index contributed by atoms with van der Waals surface area (Å²) < 4.78 is 99.3. The van der Waals surface area contributed by atoms with Crippen molar-refractivity contribution in [3.05, 3.63) is 111 Å². The van der Waals surface area contributed by atoms with E-state index < -0.39 is 34.9 Å². The van der Waals surface area contributed by atoms with E-state index in [0.29, 0.717) is 56.3 Å². The highest BCUT2D eigenvalue weighted by Gasteiger charge is 2.26. The van der Waals surface area contributed by atoms with Crippen LogP contribution in [0.15, 0.2) is 48.6 Å². The molecule has 2 aliphatic rings. The summed E-state index contributed by atoms with van der Waals surface area (Å²) >= 11 is 0. The van der Waals surface area contributed by atoms with Crippen molar-refractivity contribution in [1.29, 1.82) is 0 Å². The highest BCUT2D eigenvalue weighted by atomic mass is 19.2. The van der Waals surface area contributed by atoms with Gasteiger partial charge in [-0.1, -0.05) is 49.8 Å². The zero-order valence-corrected chi connectivity index (χ0v) is 24.9. The van der Waals surface area contributed by atoms with E-state index in [-0.39, 0.29) is 52.2 Å². The lowest BCUT2D eigenvalue weighted by Crippen LogP contribution is -2.17. The molecule has 0 aromatic heterocycles. The summed E-state index contributed by atoms with van der Waals surface area (Å²) in [6, 6.07) is 9.14. The van der Waals surface area contributed by atoms with Crippen molar-refractivity contribution in [2.75, 3.05) is 6.61 Å². The maximum absolute atomic E-state index is 15.2. The van der Waals surface area contributed by atoms with Crippen LogP contribution >= 0.6 is 0 Å². The van der Waals surface area contributed by atoms with Gasteiger partial charge in [0.1, 0.15) is 0 Å². The Morgan fingerprint density at radius 1 is 0.705 bits per heavy atom. The summed E-state index contributed by atoms with van der Waals surface area (Å²) in [6.07, 6.45) is 7.59. The van der Waals surface area contributed by atoms with Crippen LogP contribution in [0, 0.1) is 41.8 Å². The van der Waals surface area contributed by atoms with E-state index in [2.05, 4.69) is 0 Å². The molecular formula is C36H36F6O2. The average molecular weight is 615 g/mol. The maximum atomic E-state index is 15.2. The smallest absolute Gasteiger partial charge is 0.201 e. The van der Waals surface area contributed by atoms with Crippen LogP contribution in [0.5, 0.6) is 5.75 Å². The van der Waals surface area contributed by atoms with Crippen molar-refractivity contribution < 1.29 is 35.8 Å². The van der Waals surface area contributed by atoms with Gasteiger partial charge in [0, 0.05) is 16.7 Å². The van der Waals surface area contributed by atoms with Crippen molar-refractivity contribution in [2.45, 2.75) is 83.8 Å². The highest BCUT2D eigenvalue weighted by molar-refractivity contribution is 5.68. The molecule has 0 spiro atoms. The molecule has 5 rings (SSSR count). The van der Waals surface area contributed by atoms with E-state index >= 15 is 8.78 Å². The summed E-state index contributed by atoms with van der Waals surface area (Å²) in [6.45, 7) is 3.67. The Bertz CT molecular complexity index is 1580. The fourth-order valence-electron chi connectivity index (χ4n) is 5.92. The van der Waals surface area contributed by atoms with E-state index in [1.807, 2.05) is 13.0 Å². The van der Waals surface area contributed by atoms with Crippen LogP contribution in [0.4, 0.5) is 26.3 Å². The zero-order chi connectivity index (χ0) is 31.4. The third-order valence-electron chi connectivity index (χ3n) is 8.65. The number of hydrogen-bond donors (Lipinski definition) is 0. The van der Waals surface area contributed by atoms with Crippen LogP contribution in [0.3, 0.4) is 0 Å². The molecule has 2 aliphatic carbocycles. The van der Waals surface area contributed by atoms with Crippen molar-refractivity contribution in [2.24, 2.45) is 0 Å². The molecule has 3 aromatic carbocycles. The first-order chi connectivity index (χ1) is 21.2. The molecule has 2 unspecified atom stereocenters. The number of allylic oxidation sites excluding steroid dienone is 3. The molecule has 0 saturated heterocycles. The van der Waals surface area contributed by atoms with Gasteiger partial charge in [0.25, 0.3) is 0 Å². The number of unbranched alkanes of at least 4 members (excludes halogenated alkanes) is 1. The Labute approximate surface area is 254 Å². The molecule has 0 saturated carbocycles. The van der Waals surface area contributed by atoms with Crippen LogP contribution in [0.1, 0.15) is 92.0 Å². The Kier molecular flexibility index (Phi) is 10.2. The molecular weight excluding hydrogens is 578 g/mol. The van der Waals surface area contributed by atoms with Crippen LogP contribution in [-0.2, 0) is 11.3 Å². The highest BCUT2D eigenvalue weighted by Crippen LogP contribution is 2.40. The largest absolute Gasteiger partial charge is 0.490 e. The van der Waals surface area contributed by atoms with Crippen LogP contribution < -0.4 is 4.74 Å². The molecule has 2 nitrogen and oxygen atoms in total. The van der Waals surface area contributed by atoms with Crippen LogP contribution in [0.2, 0.25) is 0 Å². The fraction of sp³-hybridized carbons (Fsp3) is 0.389. The minimum absolute atomic E-state index is 0.0958. The predicted molar refractivity (Wildman–Crippen MR) is 159 cm³/mol. The second kappa shape index (κ2) is 14.1. The number of benzene rings is 3. The normalized spacial score (nSPS) is 18.6. The molecule has 0 bridgehead atoms. The van der Waals surface area contributed by atoms with E-state index in [1.54, 1.807) is 24.3 Å². The fourth-order valence-corrected chi connectivity index (χ4v) is 5.92.